The van der Waals surface area contributed by atoms with Crippen LogP contribution in [0.5, 0.6) is 5.75 Å². The van der Waals surface area contributed by atoms with Crippen molar-refractivity contribution in [2.45, 2.75) is 13.0 Å². The number of morpholine rings is 1. The molecule has 1 aliphatic rings. The summed E-state index contributed by atoms with van der Waals surface area (Å²) in [5.41, 5.74) is 2.95. The minimum Gasteiger partial charge on any atom is -0.496 e. The third-order valence-electron chi connectivity index (χ3n) is 5.17. The Kier molecular flexibility index (Phi) is 6.90. The second kappa shape index (κ2) is 9.57. The van der Waals surface area contributed by atoms with E-state index in [4.69, 9.17) is 9.47 Å². The van der Waals surface area contributed by atoms with Gasteiger partial charge < -0.3 is 19.7 Å². The number of anilines is 2. The lowest BCUT2D eigenvalue weighted by molar-refractivity contribution is -0.117. The molecule has 1 fully saturated rings. The monoisotopic (exact) mass is 383 g/mol. The molecule has 0 aromatic heterocycles. The minimum atomic E-state index is -0.0371. The molecule has 0 saturated carbocycles. The van der Waals surface area contributed by atoms with E-state index in [1.54, 1.807) is 7.11 Å². The Labute approximate surface area is 167 Å². The first-order valence-corrected chi connectivity index (χ1v) is 9.65. The van der Waals surface area contributed by atoms with Gasteiger partial charge in [-0.15, -0.1) is 0 Å². The third-order valence-corrected chi connectivity index (χ3v) is 5.17. The van der Waals surface area contributed by atoms with Crippen LogP contribution in [0.4, 0.5) is 11.4 Å². The van der Waals surface area contributed by atoms with Gasteiger partial charge in [0.15, 0.2) is 0 Å². The lowest BCUT2D eigenvalue weighted by atomic mass is 10.1. The number of hydrogen-bond acceptors (Lipinski definition) is 5. The SMILES string of the molecule is COc1ccccc1C(C)N(C)CC(=O)Nc1ccccc1N1CCOCC1. The van der Waals surface area contributed by atoms with Crippen molar-refractivity contribution in [3.63, 3.8) is 0 Å². The highest BCUT2D eigenvalue weighted by Gasteiger charge is 2.20. The quantitative estimate of drug-likeness (QED) is 0.796. The lowest BCUT2D eigenvalue weighted by Gasteiger charge is -2.31. The number of para-hydroxylation sites is 3. The fourth-order valence-corrected chi connectivity index (χ4v) is 3.46. The Morgan fingerprint density at radius 2 is 1.86 bits per heavy atom. The van der Waals surface area contributed by atoms with Crippen molar-refractivity contribution in [1.29, 1.82) is 0 Å². The van der Waals surface area contributed by atoms with Gasteiger partial charge >= 0.3 is 0 Å². The zero-order valence-corrected chi connectivity index (χ0v) is 16.9. The van der Waals surface area contributed by atoms with Crippen molar-refractivity contribution >= 4 is 17.3 Å². The van der Waals surface area contributed by atoms with Crippen LogP contribution in [0, 0.1) is 0 Å². The van der Waals surface area contributed by atoms with Gasteiger partial charge in [0, 0.05) is 24.7 Å². The molecule has 0 spiro atoms. The van der Waals surface area contributed by atoms with Gasteiger partial charge in [-0.05, 0) is 32.2 Å². The standard InChI is InChI=1S/C22H29N3O3/c1-17(18-8-4-7-11-21(18)27-3)24(2)16-22(26)23-19-9-5-6-10-20(19)25-12-14-28-15-13-25/h4-11,17H,12-16H2,1-3H3,(H,23,26). The molecule has 1 unspecified atom stereocenters. The molecule has 1 saturated heterocycles. The van der Waals surface area contributed by atoms with Crippen LogP contribution in [0.2, 0.25) is 0 Å². The largest absolute Gasteiger partial charge is 0.496 e. The van der Waals surface area contributed by atoms with Crippen LogP contribution in [0.3, 0.4) is 0 Å². The predicted octanol–water partition coefficient (Wildman–Crippen LogP) is 3.16. The van der Waals surface area contributed by atoms with E-state index in [0.717, 1.165) is 35.8 Å². The molecular formula is C22H29N3O3. The number of carbonyl (C=O) groups excluding carboxylic acids is 1. The fourth-order valence-electron chi connectivity index (χ4n) is 3.46. The number of nitrogens with one attached hydrogen (secondary N) is 1. The highest BCUT2D eigenvalue weighted by Crippen LogP contribution is 2.29. The molecule has 1 N–H and O–H groups in total. The number of nitrogens with zero attached hydrogens (tertiary/aromatic N) is 2. The number of amides is 1. The van der Waals surface area contributed by atoms with Crippen LogP contribution in [0.25, 0.3) is 0 Å². The Balaban J connectivity index is 1.65. The molecule has 6 heteroatoms. The molecule has 0 radical (unpaired) electrons. The van der Waals surface area contributed by atoms with Gasteiger partial charge in [-0.25, -0.2) is 0 Å². The molecule has 3 rings (SSSR count). The number of rotatable bonds is 7. The average molecular weight is 383 g/mol. The fraction of sp³-hybridized carbons (Fsp3) is 0.409. The van der Waals surface area contributed by atoms with Gasteiger partial charge in [-0.3, -0.25) is 9.69 Å². The van der Waals surface area contributed by atoms with E-state index >= 15 is 0 Å². The van der Waals surface area contributed by atoms with E-state index in [1.165, 1.54) is 0 Å². The Bertz CT molecular complexity index is 790. The van der Waals surface area contributed by atoms with E-state index in [1.807, 2.05) is 60.5 Å². The number of likely N-dealkylation sites (N-methyl/N-ethyl adjacent to an activating group) is 1. The van der Waals surface area contributed by atoms with E-state index < -0.39 is 0 Å². The second-order valence-corrected chi connectivity index (χ2v) is 7.00. The van der Waals surface area contributed by atoms with Gasteiger partial charge in [0.2, 0.25) is 5.91 Å². The lowest BCUT2D eigenvalue weighted by Crippen LogP contribution is -2.37. The maximum absolute atomic E-state index is 12.7. The summed E-state index contributed by atoms with van der Waals surface area (Å²) in [6.45, 7) is 5.45. The Morgan fingerprint density at radius 1 is 1.18 bits per heavy atom. The zero-order valence-electron chi connectivity index (χ0n) is 16.9. The first-order valence-electron chi connectivity index (χ1n) is 9.65. The molecule has 2 aromatic rings. The number of hydrogen-bond donors (Lipinski definition) is 1. The van der Waals surface area contributed by atoms with E-state index in [-0.39, 0.29) is 18.5 Å². The molecule has 1 atom stereocenters. The highest BCUT2D eigenvalue weighted by atomic mass is 16.5. The molecule has 6 nitrogen and oxygen atoms in total. The maximum atomic E-state index is 12.7. The molecule has 0 aliphatic carbocycles. The molecular weight excluding hydrogens is 354 g/mol. The van der Waals surface area contributed by atoms with Crippen molar-refractivity contribution < 1.29 is 14.3 Å². The first kappa shape index (κ1) is 20.2. The molecule has 28 heavy (non-hydrogen) atoms. The normalized spacial score (nSPS) is 15.4. The average Bonchev–Trinajstić information content (AvgIpc) is 2.74. The first-order chi connectivity index (χ1) is 13.6. The number of benzene rings is 2. The summed E-state index contributed by atoms with van der Waals surface area (Å²) < 4.78 is 10.9. The van der Waals surface area contributed by atoms with Crippen molar-refractivity contribution in [3.8, 4) is 5.75 Å². The van der Waals surface area contributed by atoms with Crippen LogP contribution in [-0.4, -0.2) is 57.8 Å². The van der Waals surface area contributed by atoms with Crippen molar-refractivity contribution in [2.75, 3.05) is 57.2 Å². The van der Waals surface area contributed by atoms with Crippen LogP contribution < -0.4 is 15.0 Å². The highest BCUT2D eigenvalue weighted by molar-refractivity contribution is 5.95. The summed E-state index contributed by atoms with van der Waals surface area (Å²) in [4.78, 5) is 17.0. The van der Waals surface area contributed by atoms with E-state index in [9.17, 15) is 4.79 Å². The van der Waals surface area contributed by atoms with Gasteiger partial charge in [0.25, 0.3) is 0 Å². The summed E-state index contributed by atoms with van der Waals surface area (Å²) in [5, 5.41) is 3.08. The summed E-state index contributed by atoms with van der Waals surface area (Å²) in [7, 11) is 3.62. The van der Waals surface area contributed by atoms with Crippen LogP contribution in [0.1, 0.15) is 18.5 Å². The summed E-state index contributed by atoms with van der Waals surface area (Å²) in [6.07, 6.45) is 0. The predicted molar refractivity (Wildman–Crippen MR) is 112 cm³/mol. The Hall–Kier alpha value is -2.57. The van der Waals surface area contributed by atoms with Gasteiger partial charge in [-0.1, -0.05) is 30.3 Å². The maximum Gasteiger partial charge on any atom is 0.238 e. The molecule has 1 aliphatic heterocycles. The minimum absolute atomic E-state index is 0.0371. The van der Waals surface area contributed by atoms with Gasteiger partial charge in [0.05, 0.1) is 38.2 Å². The topological polar surface area (TPSA) is 54.0 Å². The summed E-state index contributed by atoms with van der Waals surface area (Å²) in [6, 6.07) is 15.9. The molecule has 2 aromatic carbocycles. The van der Waals surface area contributed by atoms with Crippen LogP contribution >= 0.6 is 0 Å². The molecule has 1 heterocycles. The van der Waals surface area contributed by atoms with Gasteiger partial charge in [-0.2, -0.15) is 0 Å². The number of ether oxygens (including phenoxy) is 2. The van der Waals surface area contributed by atoms with Crippen LogP contribution in [0.15, 0.2) is 48.5 Å². The zero-order chi connectivity index (χ0) is 19.9. The number of carbonyl (C=O) groups is 1. The third kappa shape index (κ3) is 4.82. The van der Waals surface area contributed by atoms with E-state index in [0.29, 0.717) is 13.2 Å². The van der Waals surface area contributed by atoms with E-state index in [2.05, 4.69) is 17.1 Å². The summed E-state index contributed by atoms with van der Waals surface area (Å²) in [5.74, 6) is 0.796. The molecule has 0 bridgehead atoms. The molecule has 1 amide bonds. The van der Waals surface area contributed by atoms with Crippen molar-refractivity contribution in [3.05, 3.63) is 54.1 Å². The van der Waals surface area contributed by atoms with Crippen molar-refractivity contribution in [2.24, 2.45) is 0 Å². The second-order valence-electron chi connectivity index (χ2n) is 7.00. The van der Waals surface area contributed by atoms with Crippen LogP contribution in [-0.2, 0) is 9.53 Å². The van der Waals surface area contributed by atoms with Gasteiger partial charge in [0.1, 0.15) is 5.75 Å². The molecule has 150 valence electrons. The Morgan fingerprint density at radius 3 is 2.61 bits per heavy atom. The van der Waals surface area contributed by atoms with Crippen molar-refractivity contribution in [1.82, 2.24) is 4.90 Å². The number of methoxy groups -OCH3 is 1. The smallest absolute Gasteiger partial charge is 0.238 e. The summed E-state index contributed by atoms with van der Waals surface area (Å²) >= 11 is 0.